The molecule has 0 radical (unpaired) electrons. The molecule has 2 aromatic carbocycles. The van der Waals surface area contributed by atoms with E-state index in [1.165, 1.54) is 22.6 Å². The van der Waals surface area contributed by atoms with Crippen LogP contribution in [0.25, 0.3) is 17.0 Å². The Morgan fingerprint density at radius 1 is 1.05 bits per heavy atom. The van der Waals surface area contributed by atoms with Gasteiger partial charge in [0.1, 0.15) is 6.61 Å². The van der Waals surface area contributed by atoms with Crippen molar-refractivity contribution >= 4 is 45.8 Å². The predicted molar refractivity (Wildman–Crippen MR) is 137 cm³/mol. The number of benzene rings is 2. The summed E-state index contributed by atoms with van der Waals surface area (Å²) in [6.45, 7) is 0.474. The van der Waals surface area contributed by atoms with E-state index in [4.69, 9.17) is 4.74 Å². The van der Waals surface area contributed by atoms with Gasteiger partial charge in [-0.15, -0.1) is 0 Å². The number of nitrogens with zero attached hydrogens (tertiary/aromatic N) is 4. The smallest absolute Gasteiger partial charge is 0.416 e. The molecule has 7 nitrogen and oxygen atoms in total. The monoisotopic (exact) mass is 594 g/mol. The average molecular weight is 595 g/mol. The highest BCUT2D eigenvalue weighted by atomic mass is 32.2. The molecule has 1 amide bonds. The van der Waals surface area contributed by atoms with Crippen LogP contribution in [0.1, 0.15) is 35.1 Å². The molecule has 2 saturated heterocycles. The van der Waals surface area contributed by atoms with E-state index in [1.807, 2.05) is 4.90 Å². The molecule has 0 N–H and O–H groups in total. The number of thioether (sulfide) groups is 1. The number of likely N-dealkylation sites (tertiary alicyclic amines) is 1. The predicted octanol–water partition coefficient (Wildman–Crippen LogP) is 5.73. The fourth-order valence-electron chi connectivity index (χ4n) is 5.35. The van der Waals surface area contributed by atoms with Gasteiger partial charge < -0.3 is 9.64 Å². The molecule has 1 aromatic heterocycles. The topological polar surface area (TPSA) is 76.8 Å². The van der Waals surface area contributed by atoms with E-state index in [-0.39, 0.29) is 36.2 Å². The summed E-state index contributed by atoms with van der Waals surface area (Å²) < 4.78 is 86.4. The van der Waals surface area contributed by atoms with E-state index < -0.39 is 35.9 Å². The van der Waals surface area contributed by atoms with Gasteiger partial charge in [0.25, 0.3) is 5.91 Å². The van der Waals surface area contributed by atoms with Crippen LogP contribution in [0.5, 0.6) is 0 Å². The number of esters is 1. The number of amidine groups is 1. The molecule has 6 rings (SSSR count). The summed E-state index contributed by atoms with van der Waals surface area (Å²) >= 11 is 1.23. The number of amides is 1. The molecular formula is C27H20F6N4O3S. The van der Waals surface area contributed by atoms with E-state index in [0.29, 0.717) is 45.6 Å². The maximum atomic E-state index is 13.6. The summed E-state index contributed by atoms with van der Waals surface area (Å²) in [7, 11) is 0. The Morgan fingerprint density at radius 3 is 2.61 bits per heavy atom. The number of carbonyl (C=O) groups is 2. The van der Waals surface area contributed by atoms with E-state index in [0.717, 1.165) is 12.5 Å². The molecule has 0 unspecified atom stereocenters. The number of alkyl halides is 6. The number of hydrogen-bond donors (Lipinski definition) is 0. The minimum atomic E-state index is -4.98. The molecule has 14 heteroatoms. The van der Waals surface area contributed by atoms with Gasteiger partial charge in [0, 0.05) is 11.9 Å². The molecule has 214 valence electrons. The fourth-order valence-corrected chi connectivity index (χ4v) is 6.34. The Balaban J connectivity index is 1.21. The summed E-state index contributed by atoms with van der Waals surface area (Å²) in [5.74, 6) is -0.470. The Labute approximate surface area is 232 Å². The summed E-state index contributed by atoms with van der Waals surface area (Å²) in [5.41, 5.74) is -2.00. The summed E-state index contributed by atoms with van der Waals surface area (Å²) in [6, 6.07) is 6.52. The van der Waals surface area contributed by atoms with Crippen molar-refractivity contribution in [3.63, 3.8) is 0 Å². The van der Waals surface area contributed by atoms with E-state index in [2.05, 4.69) is 10.1 Å². The van der Waals surface area contributed by atoms with E-state index >= 15 is 0 Å². The van der Waals surface area contributed by atoms with E-state index in [1.54, 1.807) is 24.3 Å². The second-order valence-electron chi connectivity index (χ2n) is 10.1. The van der Waals surface area contributed by atoms with Gasteiger partial charge >= 0.3 is 18.3 Å². The number of cyclic esters (lactones) is 1. The molecule has 2 fully saturated rings. The van der Waals surface area contributed by atoms with Crippen LogP contribution in [0.3, 0.4) is 0 Å². The van der Waals surface area contributed by atoms with Gasteiger partial charge in [-0.25, -0.2) is 0 Å². The van der Waals surface area contributed by atoms with Crippen LogP contribution in [-0.4, -0.2) is 50.9 Å². The van der Waals surface area contributed by atoms with Crippen molar-refractivity contribution in [3.05, 3.63) is 69.8 Å². The van der Waals surface area contributed by atoms with Crippen LogP contribution < -0.4 is 0 Å². The third kappa shape index (κ3) is 5.44. The molecule has 3 aliphatic heterocycles. The Kier molecular flexibility index (Phi) is 6.63. The third-order valence-electron chi connectivity index (χ3n) is 7.27. The van der Waals surface area contributed by atoms with Crippen molar-refractivity contribution in [3.8, 4) is 0 Å². The van der Waals surface area contributed by atoms with Crippen LogP contribution in [0.4, 0.5) is 26.3 Å². The largest absolute Gasteiger partial charge is 0.463 e. The molecule has 2 atom stereocenters. The van der Waals surface area contributed by atoms with E-state index in [9.17, 15) is 35.9 Å². The van der Waals surface area contributed by atoms with Crippen molar-refractivity contribution in [2.45, 2.75) is 37.8 Å². The van der Waals surface area contributed by atoms with Gasteiger partial charge in [0.2, 0.25) is 0 Å². The van der Waals surface area contributed by atoms with Gasteiger partial charge in [0.15, 0.2) is 5.17 Å². The molecule has 0 saturated carbocycles. The van der Waals surface area contributed by atoms with Crippen molar-refractivity contribution in [2.75, 3.05) is 13.2 Å². The molecule has 3 aromatic rings. The molecule has 0 spiro atoms. The van der Waals surface area contributed by atoms with Crippen LogP contribution in [0.2, 0.25) is 0 Å². The second-order valence-corrected chi connectivity index (χ2v) is 11.1. The van der Waals surface area contributed by atoms with Crippen LogP contribution in [0.15, 0.2) is 52.5 Å². The van der Waals surface area contributed by atoms with Gasteiger partial charge in [-0.05, 0) is 65.6 Å². The Hall–Kier alpha value is -3.81. The first kappa shape index (κ1) is 27.4. The minimum Gasteiger partial charge on any atom is -0.463 e. The SMILES string of the molecule is O=C1C[C@@H]2C[C@@H](CO1)N(C1=NC(=O)/C(=C/c3ccc4c(cnn4Cc4ccc(C(F)(F)F)cc4C(F)(F)F)c3)S1)C2. The lowest BCUT2D eigenvalue weighted by molar-refractivity contribution is -0.145. The number of halogens is 6. The summed E-state index contributed by atoms with van der Waals surface area (Å²) in [6.07, 6.45) is -5.67. The molecule has 2 bridgehead atoms. The van der Waals surface area contributed by atoms with Gasteiger partial charge in [-0.2, -0.15) is 36.4 Å². The Morgan fingerprint density at radius 2 is 1.85 bits per heavy atom. The summed E-state index contributed by atoms with van der Waals surface area (Å²) in [4.78, 5) is 30.9. The zero-order valence-electron chi connectivity index (χ0n) is 21.0. The third-order valence-corrected chi connectivity index (χ3v) is 8.30. The van der Waals surface area contributed by atoms with Crippen LogP contribution >= 0.6 is 11.8 Å². The fraction of sp³-hybridized carbons (Fsp3) is 0.333. The first-order valence-corrected chi connectivity index (χ1v) is 13.3. The van der Waals surface area contributed by atoms with Gasteiger partial charge in [0.05, 0.1) is 46.8 Å². The zero-order valence-corrected chi connectivity index (χ0v) is 21.8. The van der Waals surface area contributed by atoms with Crippen LogP contribution in [0, 0.1) is 5.92 Å². The lowest BCUT2D eigenvalue weighted by Crippen LogP contribution is -2.37. The molecule has 4 heterocycles. The lowest BCUT2D eigenvalue weighted by Gasteiger charge is -2.26. The number of aromatic nitrogens is 2. The van der Waals surface area contributed by atoms with Crippen LogP contribution in [-0.2, 0) is 33.2 Å². The molecule has 41 heavy (non-hydrogen) atoms. The van der Waals surface area contributed by atoms with Gasteiger partial charge in [-0.3, -0.25) is 14.3 Å². The number of aliphatic imine (C=N–C) groups is 1. The highest BCUT2D eigenvalue weighted by Gasteiger charge is 2.41. The maximum Gasteiger partial charge on any atom is 0.416 e. The van der Waals surface area contributed by atoms with Gasteiger partial charge in [-0.1, -0.05) is 12.1 Å². The zero-order chi connectivity index (χ0) is 29.1. The minimum absolute atomic E-state index is 0.0328. The highest BCUT2D eigenvalue weighted by Crippen LogP contribution is 2.39. The van der Waals surface area contributed by atoms with Crippen molar-refractivity contribution in [1.29, 1.82) is 0 Å². The normalized spacial score (nSPS) is 22.4. The Bertz CT molecular complexity index is 1630. The summed E-state index contributed by atoms with van der Waals surface area (Å²) in [5, 5.41) is 5.28. The number of ether oxygens (including phenoxy) is 1. The highest BCUT2D eigenvalue weighted by molar-refractivity contribution is 8.18. The molecule has 3 aliphatic rings. The quantitative estimate of drug-likeness (QED) is 0.219. The first-order chi connectivity index (χ1) is 19.3. The first-order valence-electron chi connectivity index (χ1n) is 12.5. The number of fused-ring (bicyclic) bond motifs is 3. The van der Waals surface area contributed by atoms with Crippen molar-refractivity contribution in [2.24, 2.45) is 10.9 Å². The standard InChI is InChI=1S/C27H20F6N4O3S/c28-26(29,30)18-3-2-16(20(9-18)27(31,32)33)12-37-21-4-1-14(5-17(21)10-34-37)7-22-24(39)35-25(41-22)36-11-15-6-19(36)13-40-23(38)8-15/h1-5,7,9-10,15,19H,6,8,11-13H2/b22-7-/t15-,19-/m0/s1. The number of hydrogen-bond acceptors (Lipinski definition) is 6. The van der Waals surface area contributed by atoms with Crippen molar-refractivity contribution < 1.29 is 40.7 Å². The second kappa shape index (κ2) is 9.93. The molecule has 0 aliphatic carbocycles. The van der Waals surface area contributed by atoms with Crippen molar-refractivity contribution in [1.82, 2.24) is 14.7 Å². The lowest BCUT2D eigenvalue weighted by atomic mass is 10.0. The number of carbonyl (C=O) groups excluding carboxylic acids is 2. The molecular weight excluding hydrogens is 574 g/mol. The number of rotatable bonds is 3. The maximum absolute atomic E-state index is 13.6. The average Bonchev–Trinajstić information content (AvgIpc) is 3.54.